The lowest BCUT2D eigenvalue weighted by molar-refractivity contribution is 0.182. The fourth-order valence-corrected chi connectivity index (χ4v) is 1.41. The van der Waals surface area contributed by atoms with Crippen molar-refractivity contribution in [3.05, 3.63) is 28.3 Å². The van der Waals surface area contributed by atoms with Gasteiger partial charge in [-0.05, 0) is 18.6 Å². The summed E-state index contributed by atoms with van der Waals surface area (Å²) in [5.41, 5.74) is 6.39. The standard InChI is InChI=1S/C9H12ClNO2/c1-5-2-3-6(12)8(9(5)10)7(13)4-11/h2-3,7,12-13H,4,11H2,1H3. The Morgan fingerprint density at radius 2 is 2.15 bits per heavy atom. The van der Waals surface area contributed by atoms with E-state index in [1.807, 2.05) is 0 Å². The van der Waals surface area contributed by atoms with E-state index < -0.39 is 6.10 Å². The zero-order valence-corrected chi connectivity index (χ0v) is 8.04. The number of phenols is 1. The predicted octanol–water partition coefficient (Wildman–Crippen LogP) is 1.35. The highest BCUT2D eigenvalue weighted by Crippen LogP contribution is 2.33. The number of aliphatic hydroxyl groups is 1. The third-order valence-corrected chi connectivity index (χ3v) is 2.41. The molecule has 0 saturated heterocycles. The molecule has 0 aliphatic rings. The second-order valence-electron chi connectivity index (χ2n) is 2.88. The van der Waals surface area contributed by atoms with Gasteiger partial charge < -0.3 is 15.9 Å². The first kappa shape index (κ1) is 10.3. The van der Waals surface area contributed by atoms with E-state index in [0.717, 1.165) is 5.56 Å². The van der Waals surface area contributed by atoms with Gasteiger partial charge in [0, 0.05) is 12.1 Å². The largest absolute Gasteiger partial charge is 0.508 e. The predicted molar refractivity (Wildman–Crippen MR) is 51.9 cm³/mol. The number of rotatable bonds is 2. The average Bonchev–Trinajstić information content (AvgIpc) is 2.12. The molecule has 0 radical (unpaired) electrons. The minimum atomic E-state index is -0.910. The molecule has 1 aromatic rings. The average molecular weight is 202 g/mol. The molecule has 0 fully saturated rings. The summed E-state index contributed by atoms with van der Waals surface area (Å²) in [6, 6.07) is 3.18. The smallest absolute Gasteiger partial charge is 0.122 e. The van der Waals surface area contributed by atoms with E-state index in [4.69, 9.17) is 17.3 Å². The van der Waals surface area contributed by atoms with Crippen LogP contribution >= 0.6 is 11.6 Å². The molecule has 0 aliphatic heterocycles. The zero-order chi connectivity index (χ0) is 10.0. The van der Waals surface area contributed by atoms with Gasteiger partial charge in [-0.25, -0.2) is 0 Å². The lowest BCUT2D eigenvalue weighted by atomic mass is 10.1. The Hall–Kier alpha value is -0.770. The number of benzene rings is 1. The molecule has 4 N–H and O–H groups in total. The van der Waals surface area contributed by atoms with Crippen LogP contribution in [0.15, 0.2) is 12.1 Å². The summed E-state index contributed by atoms with van der Waals surface area (Å²) >= 11 is 5.90. The van der Waals surface area contributed by atoms with Crippen LogP contribution in [-0.4, -0.2) is 16.8 Å². The second-order valence-corrected chi connectivity index (χ2v) is 3.26. The van der Waals surface area contributed by atoms with Crippen LogP contribution in [0.4, 0.5) is 0 Å². The minimum Gasteiger partial charge on any atom is -0.508 e. The maximum atomic E-state index is 9.45. The highest BCUT2D eigenvalue weighted by molar-refractivity contribution is 6.32. The van der Waals surface area contributed by atoms with Crippen molar-refractivity contribution >= 4 is 11.6 Å². The van der Waals surface area contributed by atoms with Crippen molar-refractivity contribution in [2.45, 2.75) is 13.0 Å². The first-order valence-corrected chi connectivity index (χ1v) is 4.31. The van der Waals surface area contributed by atoms with Crippen molar-refractivity contribution < 1.29 is 10.2 Å². The van der Waals surface area contributed by atoms with Gasteiger partial charge in [0.1, 0.15) is 5.75 Å². The highest BCUT2D eigenvalue weighted by Gasteiger charge is 2.15. The van der Waals surface area contributed by atoms with E-state index in [0.29, 0.717) is 10.6 Å². The third-order valence-electron chi connectivity index (χ3n) is 1.91. The molecule has 72 valence electrons. The quantitative estimate of drug-likeness (QED) is 0.677. The number of halogens is 1. The van der Waals surface area contributed by atoms with Gasteiger partial charge in [-0.3, -0.25) is 0 Å². The summed E-state index contributed by atoms with van der Waals surface area (Å²) in [4.78, 5) is 0. The summed E-state index contributed by atoms with van der Waals surface area (Å²) in [6.07, 6.45) is -0.910. The Bertz CT molecular complexity index is 315. The third kappa shape index (κ3) is 1.94. The highest BCUT2D eigenvalue weighted by atomic mass is 35.5. The van der Waals surface area contributed by atoms with Gasteiger partial charge in [0.15, 0.2) is 0 Å². The topological polar surface area (TPSA) is 66.5 Å². The van der Waals surface area contributed by atoms with Crippen LogP contribution in [0.5, 0.6) is 5.75 Å². The molecule has 4 heteroatoms. The Labute approximate surface area is 81.8 Å². The van der Waals surface area contributed by atoms with Crippen molar-refractivity contribution in [3.63, 3.8) is 0 Å². The second kappa shape index (κ2) is 3.96. The molecule has 3 nitrogen and oxygen atoms in total. The minimum absolute atomic E-state index is 0.0199. The lowest BCUT2D eigenvalue weighted by Gasteiger charge is -2.13. The van der Waals surface area contributed by atoms with Crippen LogP contribution in [0.1, 0.15) is 17.2 Å². The number of hydrogen-bond acceptors (Lipinski definition) is 3. The molecule has 1 unspecified atom stereocenters. The van der Waals surface area contributed by atoms with Gasteiger partial charge in [0.2, 0.25) is 0 Å². The van der Waals surface area contributed by atoms with Crippen LogP contribution in [-0.2, 0) is 0 Å². The van der Waals surface area contributed by atoms with E-state index in [1.165, 1.54) is 6.07 Å². The molecule has 0 saturated carbocycles. The Balaban J connectivity index is 3.25. The van der Waals surface area contributed by atoms with Crippen LogP contribution in [0.25, 0.3) is 0 Å². The number of aryl methyl sites for hydroxylation is 1. The van der Waals surface area contributed by atoms with Crippen LogP contribution in [0.3, 0.4) is 0 Å². The molecule has 0 heterocycles. The Morgan fingerprint density at radius 1 is 1.54 bits per heavy atom. The monoisotopic (exact) mass is 201 g/mol. The lowest BCUT2D eigenvalue weighted by Crippen LogP contribution is -2.12. The SMILES string of the molecule is Cc1ccc(O)c(C(O)CN)c1Cl. The van der Waals surface area contributed by atoms with Crippen molar-refractivity contribution in [2.75, 3.05) is 6.54 Å². The number of aromatic hydroxyl groups is 1. The molecule has 0 bridgehead atoms. The molecular weight excluding hydrogens is 190 g/mol. The summed E-state index contributed by atoms with van der Waals surface area (Å²) < 4.78 is 0. The molecule has 0 aliphatic carbocycles. The Morgan fingerprint density at radius 3 is 2.69 bits per heavy atom. The van der Waals surface area contributed by atoms with Crippen molar-refractivity contribution in [1.29, 1.82) is 0 Å². The number of hydrogen-bond donors (Lipinski definition) is 3. The van der Waals surface area contributed by atoms with Gasteiger partial charge in [0.25, 0.3) is 0 Å². The van der Waals surface area contributed by atoms with E-state index in [9.17, 15) is 10.2 Å². The number of phenolic OH excluding ortho intramolecular Hbond substituents is 1. The van der Waals surface area contributed by atoms with Gasteiger partial charge in [-0.1, -0.05) is 17.7 Å². The first-order chi connectivity index (χ1) is 6.07. The summed E-state index contributed by atoms with van der Waals surface area (Å²) in [7, 11) is 0. The maximum absolute atomic E-state index is 9.45. The van der Waals surface area contributed by atoms with Crippen molar-refractivity contribution in [2.24, 2.45) is 5.73 Å². The van der Waals surface area contributed by atoms with Crippen LogP contribution < -0.4 is 5.73 Å². The normalized spacial score (nSPS) is 12.9. The fraction of sp³-hybridized carbons (Fsp3) is 0.333. The molecule has 1 atom stereocenters. The van der Waals surface area contributed by atoms with E-state index in [1.54, 1.807) is 13.0 Å². The molecule has 0 aromatic heterocycles. The Kier molecular flexibility index (Phi) is 3.14. The van der Waals surface area contributed by atoms with Gasteiger partial charge in [0.05, 0.1) is 11.1 Å². The first-order valence-electron chi connectivity index (χ1n) is 3.94. The molecule has 0 spiro atoms. The van der Waals surface area contributed by atoms with E-state index in [2.05, 4.69) is 0 Å². The summed E-state index contributed by atoms with van der Waals surface area (Å²) in [6.45, 7) is 1.84. The number of aliphatic hydroxyl groups excluding tert-OH is 1. The van der Waals surface area contributed by atoms with Crippen LogP contribution in [0, 0.1) is 6.92 Å². The summed E-state index contributed by atoms with van der Waals surface area (Å²) in [5.74, 6) is -0.0199. The van der Waals surface area contributed by atoms with Crippen LogP contribution in [0.2, 0.25) is 5.02 Å². The molecule has 1 aromatic carbocycles. The molecule has 13 heavy (non-hydrogen) atoms. The van der Waals surface area contributed by atoms with Crippen molar-refractivity contribution in [1.82, 2.24) is 0 Å². The molecular formula is C9H12ClNO2. The maximum Gasteiger partial charge on any atom is 0.122 e. The molecule has 0 amide bonds. The van der Waals surface area contributed by atoms with Gasteiger partial charge in [-0.2, -0.15) is 0 Å². The van der Waals surface area contributed by atoms with E-state index >= 15 is 0 Å². The zero-order valence-electron chi connectivity index (χ0n) is 7.29. The van der Waals surface area contributed by atoms with Gasteiger partial charge in [-0.15, -0.1) is 0 Å². The molecule has 1 rings (SSSR count). The fourth-order valence-electron chi connectivity index (χ4n) is 1.13. The van der Waals surface area contributed by atoms with Crippen molar-refractivity contribution in [3.8, 4) is 5.75 Å². The van der Waals surface area contributed by atoms with Gasteiger partial charge >= 0.3 is 0 Å². The van der Waals surface area contributed by atoms with E-state index in [-0.39, 0.29) is 12.3 Å². The number of nitrogens with two attached hydrogens (primary N) is 1. The summed E-state index contributed by atoms with van der Waals surface area (Å²) in [5, 5.41) is 19.2.